The lowest BCUT2D eigenvalue weighted by Crippen LogP contribution is -2.56. The normalized spacial score (nSPS) is 12.7. The van der Waals surface area contributed by atoms with E-state index in [-0.39, 0.29) is 6.71 Å². The number of rotatable bonds is 3. The molecular weight excluding hydrogens is 599 g/mol. The molecule has 0 fully saturated rings. The van der Waals surface area contributed by atoms with Gasteiger partial charge >= 0.3 is 0 Å². The minimum absolute atomic E-state index is 0.201. The first-order chi connectivity index (χ1) is 23.7. The maximum Gasteiger partial charge on any atom is 0.244 e. The summed E-state index contributed by atoms with van der Waals surface area (Å²) in [7, 11) is 0. The van der Waals surface area contributed by atoms with Gasteiger partial charge in [0.1, 0.15) is 0 Å². The van der Waals surface area contributed by atoms with Crippen LogP contribution in [0.4, 0.5) is 0 Å². The number of para-hydroxylation sites is 3. The molecule has 0 N–H and O–H groups in total. The first-order valence-corrected chi connectivity index (χ1v) is 17.5. The largest absolute Gasteiger partial charge is 0.309 e. The van der Waals surface area contributed by atoms with Gasteiger partial charge in [-0.3, -0.25) is 0 Å². The van der Waals surface area contributed by atoms with Gasteiger partial charge in [0.15, 0.2) is 0 Å². The minimum atomic E-state index is 0.201. The lowest BCUT2D eigenvalue weighted by molar-refractivity contribution is 1.16. The second-order valence-electron chi connectivity index (χ2n) is 13.0. The molecular formula is C44H31BN2S. The Morgan fingerprint density at radius 2 is 1.12 bits per heavy atom. The molecule has 1 aliphatic rings. The fourth-order valence-corrected chi connectivity index (χ4v) is 9.48. The smallest absolute Gasteiger partial charge is 0.244 e. The molecule has 7 aromatic carbocycles. The quantitative estimate of drug-likeness (QED) is 0.177. The van der Waals surface area contributed by atoms with Crippen LogP contribution in [0.1, 0.15) is 11.1 Å². The lowest BCUT2D eigenvalue weighted by atomic mass is 9.35. The predicted octanol–water partition coefficient (Wildman–Crippen LogP) is 9.48. The third-order valence-electron chi connectivity index (χ3n) is 10.3. The molecule has 2 nitrogen and oxygen atoms in total. The Morgan fingerprint density at radius 3 is 1.94 bits per heavy atom. The topological polar surface area (TPSA) is 9.86 Å². The molecule has 2 aromatic heterocycles. The van der Waals surface area contributed by atoms with Gasteiger partial charge in [-0.1, -0.05) is 142 Å². The van der Waals surface area contributed by atoms with Gasteiger partial charge in [-0.25, -0.2) is 0 Å². The van der Waals surface area contributed by atoms with E-state index in [1.165, 1.54) is 92.3 Å². The third kappa shape index (κ3) is 3.90. The summed E-state index contributed by atoms with van der Waals surface area (Å²) < 4.78 is 4.94. The molecule has 0 aliphatic carbocycles. The second-order valence-corrected chi connectivity index (χ2v) is 14.1. The van der Waals surface area contributed by atoms with Gasteiger partial charge in [0.05, 0.1) is 22.1 Å². The van der Waals surface area contributed by atoms with Gasteiger partial charge in [0.2, 0.25) is 6.71 Å². The standard InChI is InChI=1S/C44H31BN2S/c1-28-13-12-14-29(2)43(28)45-35-19-8-11-22-40(35)48-41-27-31(23-25-36(41)45)46-38-21-10-7-18-34(38)42-39(46)26-24-33-32-17-6-9-20-37(32)47(44(33)42)30-15-4-3-5-16-30/h3-27H,1-2H3. The average Bonchev–Trinajstić information content (AvgIpc) is 3.64. The highest BCUT2D eigenvalue weighted by atomic mass is 32.2. The molecule has 0 radical (unpaired) electrons. The van der Waals surface area contributed by atoms with Crippen molar-refractivity contribution in [2.45, 2.75) is 23.6 Å². The molecule has 0 spiro atoms. The predicted molar refractivity (Wildman–Crippen MR) is 206 cm³/mol. The average molecular weight is 631 g/mol. The van der Waals surface area contributed by atoms with Crippen molar-refractivity contribution in [1.82, 2.24) is 9.13 Å². The molecule has 9 aromatic rings. The highest BCUT2D eigenvalue weighted by molar-refractivity contribution is 8.00. The summed E-state index contributed by atoms with van der Waals surface area (Å²) in [4.78, 5) is 2.66. The van der Waals surface area contributed by atoms with Crippen LogP contribution in [0.5, 0.6) is 0 Å². The van der Waals surface area contributed by atoms with Gasteiger partial charge in [-0.15, -0.1) is 0 Å². The molecule has 4 heteroatoms. The van der Waals surface area contributed by atoms with E-state index >= 15 is 0 Å². The van der Waals surface area contributed by atoms with E-state index in [1.807, 2.05) is 11.8 Å². The second kappa shape index (κ2) is 10.5. The molecule has 226 valence electrons. The Labute approximate surface area is 284 Å². The Balaban J connectivity index is 1.26. The molecule has 10 rings (SSSR count). The van der Waals surface area contributed by atoms with Crippen molar-refractivity contribution in [3.8, 4) is 11.4 Å². The van der Waals surface area contributed by atoms with Gasteiger partial charge in [0.25, 0.3) is 0 Å². The highest BCUT2D eigenvalue weighted by Crippen LogP contribution is 2.42. The summed E-state index contributed by atoms with van der Waals surface area (Å²) in [5.41, 5.74) is 14.2. The van der Waals surface area contributed by atoms with Crippen molar-refractivity contribution in [2.75, 3.05) is 0 Å². The van der Waals surface area contributed by atoms with Crippen LogP contribution in [0.25, 0.3) is 55.0 Å². The molecule has 48 heavy (non-hydrogen) atoms. The summed E-state index contributed by atoms with van der Waals surface area (Å²) in [6.07, 6.45) is 0. The monoisotopic (exact) mass is 630 g/mol. The van der Waals surface area contributed by atoms with Gasteiger partial charge in [-0.2, -0.15) is 0 Å². The number of fused-ring (bicyclic) bond motifs is 9. The zero-order valence-corrected chi connectivity index (χ0v) is 27.6. The highest BCUT2D eigenvalue weighted by Gasteiger charge is 2.33. The Kier molecular flexibility index (Phi) is 6.07. The van der Waals surface area contributed by atoms with Crippen LogP contribution < -0.4 is 16.4 Å². The molecule has 0 bridgehead atoms. The maximum atomic E-state index is 2.48. The molecule has 0 saturated carbocycles. The van der Waals surface area contributed by atoms with Crippen molar-refractivity contribution in [1.29, 1.82) is 0 Å². The van der Waals surface area contributed by atoms with E-state index in [9.17, 15) is 0 Å². The van der Waals surface area contributed by atoms with Crippen molar-refractivity contribution in [3.63, 3.8) is 0 Å². The van der Waals surface area contributed by atoms with Crippen LogP contribution in [0.3, 0.4) is 0 Å². The van der Waals surface area contributed by atoms with Crippen LogP contribution >= 0.6 is 11.8 Å². The van der Waals surface area contributed by atoms with Crippen LogP contribution in [-0.4, -0.2) is 15.8 Å². The van der Waals surface area contributed by atoms with Crippen molar-refractivity contribution < 1.29 is 0 Å². The summed E-state index contributed by atoms with van der Waals surface area (Å²) in [6.45, 7) is 4.72. The zero-order valence-electron chi connectivity index (χ0n) is 26.8. The number of aromatic nitrogens is 2. The fraction of sp³-hybridized carbons (Fsp3) is 0.0455. The summed E-state index contributed by atoms with van der Waals surface area (Å²) in [5.74, 6) is 0. The van der Waals surface area contributed by atoms with E-state index < -0.39 is 0 Å². The summed E-state index contributed by atoms with van der Waals surface area (Å²) in [5, 5.41) is 5.10. The molecule has 0 unspecified atom stereocenters. The van der Waals surface area contributed by atoms with E-state index in [4.69, 9.17) is 0 Å². The van der Waals surface area contributed by atoms with E-state index in [2.05, 4.69) is 175 Å². The van der Waals surface area contributed by atoms with E-state index in [1.54, 1.807) is 0 Å². The first-order valence-electron chi connectivity index (χ1n) is 16.7. The number of hydrogen-bond donors (Lipinski definition) is 0. The number of nitrogens with zero attached hydrogens (tertiary/aromatic N) is 2. The first kappa shape index (κ1) is 27.6. The van der Waals surface area contributed by atoms with Crippen molar-refractivity contribution in [3.05, 3.63) is 163 Å². The van der Waals surface area contributed by atoms with Gasteiger partial charge in [-0.05, 0) is 62.4 Å². The van der Waals surface area contributed by atoms with Gasteiger partial charge in [0, 0.05) is 42.7 Å². The van der Waals surface area contributed by atoms with Crippen LogP contribution in [0, 0.1) is 13.8 Å². The van der Waals surface area contributed by atoms with E-state index in [0.29, 0.717) is 0 Å². The number of benzene rings is 7. The molecule has 3 heterocycles. The molecule has 0 amide bonds. The van der Waals surface area contributed by atoms with Crippen LogP contribution in [0.2, 0.25) is 0 Å². The summed E-state index contributed by atoms with van der Waals surface area (Å²) >= 11 is 1.90. The SMILES string of the molecule is Cc1cccc(C)c1B1c2ccccc2Sc2cc(-n3c4ccccc4c4c3ccc3c5ccccc5n(-c5ccccc5)c34)ccc21. The Morgan fingerprint density at radius 1 is 0.458 bits per heavy atom. The fourth-order valence-electron chi connectivity index (χ4n) is 8.31. The van der Waals surface area contributed by atoms with Crippen LogP contribution in [0.15, 0.2) is 161 Å². The number of hydrogen-bond acceptors (Lipinski definition) is 1. The minimum Gasteiger partial charge on any atom is -0.309 e. The van der Waals surface area contributed by atoms with E-state index in [0.717, 1.165) is 0 Å². The van der Waals surface area contributed by atoms with Crippen molar-refractivity contribution >= 4 is 78.5 Å². The third-order valence-corrected chi connectivity index (χ3v) is 11.5. The Bertz CT molecular complexity index is 2720. The number of aryl methyl sites for hydroxylation is 2. The Hall–Kier alpha value is -5.45. The summed E-state index contributed by atoms with van der Waals surface area (Å²) in [6, 6.07) is 56.0. The van der Waals surface area contributed by atoms with Crippen LogP contribution in [-0.2, 0) is 0 Å². The molecule has 0 saturated heterocycles. The lowest BCUT2D eigenvalue weighted by Gasteiger charge is -2.28. The van der Waals surface area contributed by atoms with Gasteiger partial charge < -0.3 is 9.13 Å². The molecule has 0 atom stereocenters. The van der Waals surface area contributed by atoms with Crippen molar-refractivity contribution in [2.24, 2.45) is 0 Å². The zero-order chi connectivity index (χ0) is 31.9. The molecule has 1 aliphatic heterocycles. The maximum absolute atomic E-state index is 2.48.